The lowest BCUT2D eigenvalue weighted by atomic mass is 10.1. The Morgan fingerprint density at radius 3 is 2.57 bits per heavy atom. The number of nitrogens with zero attached hydrogens (tertiary/aromatic N) is 2. The fourth-order valence-electron chi connectivity index (χ4n) is 2.34. The molecule has 0 saturated heterocycles. The SMILES string of the molecule is CCCCCCCC(=O)N(CCC)Cc1nc(C(=O)OC)cs1. The molecule has 6 heteroatoms. The normalized spacial score (nSPS) is 10.6. The van der Waals surface area contributed by atoms with Gasteiger partial charge in [0, 0.05) is 18.3 Å². The van der Waals surface area contributed by atoms with Crippen LogP contribution in [0.3, 0.4) is 0 Å². The van der Waals surface area contributed by atoms with E-state index in [1.165, 1.54) is 37.7 Å². The molecule has 0 N–H and O–H groups in total. The first-order valence-electron chi connectivity index (χ1n) is 8.42. The quantitative estimate of drug-likeness (QED) is 0.451. The number of aromatic nitrogens is 1. The van der Waals surface area contributed by atoms with E-state index >= 15 is 0 Å². The van der Waals surface area contributed by atoms with Gasteiger partial charge in [0.25, 0.3) is 0 Å². The number of esters is 1. The van der Waals surface area contributed by atoms with Crippen molar-refractivity contribution >= 4 is 23.2 Å². The van der Waals surface area contributed by atoms with Crippen LogP contribution in [0.1, 0.15) is 74.3 Å². The zero-order valence-corrected chi connectivity index (χ0v) is 15.3. The molecule has 1 aromatic rings. The predicted molar refractivity (Wildman–Crippen MR) is 92.5 cm³/mol. The van der Waals surface area contributed by atoms with Crippen molar-refractivity contribution in [3.8, 4) is 0 Å². The summed E-state index contributed by atoms with van der Waals surface area (Å²) in [6.07, 6.45) is 7.22. The predicted octanol–water partition coefficient (Wildman–Crippen LogP) is 4.03. The van der Waals surface area contributed by atoms with Gasteiger partial charge in [-0.1, -0.05) is 39.5 Å². The van der Waals surface area contributed by atoms with E-state index in [1.807, 2.05) is 4.90 Å². The monoisotopic (exact) mass is 340 g/mol. The molecular formula is C17H28N2O3S. The van der Waals surface area contributed by atoms with Crippen LogP contribution in [0, 0.1) is 0 Å². The number of carbonyl (C=O) groups is 2. The first-order chi connectivity index (χ1) is 11.1. The first kappa shape index (κ1) is 19.6. The molecule has 1 rings (SSSR count). The Balaban J connectivity index is 2.51. The number of carbonyl (C=O) groups excluding carboxylic acids is 2. The van der Waals surface area contributed by atoms with E-state index in [0.29, 0.717) is 18.7 Å². The molecule has 0 aliphatic heterocycles. The van der Waals surface area contributed by atoms with Crippen molar-refractivity contribution in [3.63, 3.8) is 0 Å². The number of hydrogen-bond donors (Lipinski definition) is 0. The fourth-order valence-corrected chi connectivity index (χ4v) is 3.12. The van der Waals surface area contributed by atoms with Crippen molar-refractivity contribution in [1.29, 1.82) is 0 Å². The second kappa shape index (κ2) is 11.2. The van der Waals surface area contributed by atoms with E-state index in [2.05, 4.69) is 23.6 Å². The molecule has 0 saturated carbocycles. The molecule has 1 aromatic heterocycles. The van der Waals surface area contributed by atoms with E-state index in [1.54, 1.807) is 5.38 Å². The highest BCUT2D eigenvalue weighted by Gasteiger charge is 2.16. The summed E-state index contributed by atoms with van der Waals surface area (Å²) in [5.74, 6) is -0.255. The topological polar surface area (TPSA) is 59.5 Å². The summed E-state index contributed by atoms with van der Waals surface area (Å²) in [5, 5.41) is 2.46. The lowest BCUT2D eigenvalue weighted by molar-refractivity contribution is -0.132. The third kappa shape index (κ3) is 7.12. The average molecular weight is 340 g/mol. The van der Waals surface area contributed by atoms with Crippen molar-refractivity contribution in [2.24, 2.45) is 0 Å². The van der Waals surface area contributed by atoms with Gasteiger partial charge in [-0.3, -0.25) is 4.79 Å². The molecule has 0 aromatic carbocycles. The van der Waals surface area contributed by atoms with Crippen LogP contribution in [0.5, 0.6) is 0 Å². The van der Waals surface area contributed by atoms with Gasteiger partial charge < -0.3 is 9.64 Å². The molecule has 0 aliphatic rings. The van der Waals surface area contributed by atoms with Crippen LogP contribution < -0.4 is 0 Å². The van der Waals surface area contributed by atoms with Gasteiger partial charge in [-0.2, -0.15) is 0 Å². The van der Waals surface area contributed by atoms with Crippen molar-refractivity contribution in [2.75, 3.05) is 13.7 Å². The number of thiazole rings is 1. The van der Waals surface area contributed by atoms with Crippen LogP contribution in [0.2, 0.25) is 0 Å². The summed E-state index contributed by atoms with van der Waals surface area (Å²) < 4.78 is 4.66. The van der Waals surface area contributed by atoms with E-state index < -0.39 is 5.97 Å². The molecule has 1 heterocycles. The van der Waals surface area contributed by atoms with Gasteiger partial charge in [0.2, 0.25) is 5.91 Å². The van der Waals surface area contributed by atoms with Crippen LogP contribution >= 0.6 is 11.3 Å². The van der Waals surface area contributed by atoms with Gasteiger partial charge in [0.15, 0.2) is 5.69 Å². The van der Waals surface area contributed by atoms with Gasteiger partial charge in [-0.25, -0.2) is 9.78 Å². The average Bonchev–Trinajstić information content (AvgIpc) is 3.02. The molecule has 23 heavy (non-hydrogen) atoms. The van der Waals surface area contributed by atoms with Crippen LogP contribution in [0.25, 0.3) is 0 Å². The molecule has 0 bridgehead atoms. The van der Waals surface area contributed by atoms with Gasteiger partial charge in [0.1, 0.15) is 5.01 Å². The minimum atomic E-state index is -0.434. The zero-order chi connectivity index (χ0) is 17.1. The first-order valence-corrected chi connectivity index (χ1v) is 9.30. The number of rotatable bonds is 11. The third-order valence-electron chi connectivity index (χ3n) is 3.61. The minimum absolute atomic E-state index is 0.179. The van der Waals surface area contributed by atoms with Crippen LogP contribution in [-0.2, 0) is 16.1 Å². The number of ether oxygens (including phenoxy) is 1. The highest BCUT2D eigenvalue weighted by atomic mass is 32.1. The zero-order valence-electron chi connectivity index (χ0n) is 14.5. The molecule has 0 fully saturated rings. The molecule has 0 aliphatic carbocycles. The van der Waals surface area contributed by atoms with E-state index in [0.717, 1.165) is 30.8 Å². The lowest BCUT2D eigenvalue weighted by Gasteiger charge is -2.21. The van der Waals surface area contributed by atoms with Crippen LogP contribution in [0.4, 0.5) is 0 Å². The highest BCUT2D eigenvalue weighted by Crippen LogP contribution is 2.15. The summed E-state index contributed by atoms with van der Waals surface area (Å²) in [5.41, 5.74) is 0.316. The van der Waals surface area contributed by atoms with Crippen molar-refractivity contribution in [2.45, 2.75) is 65.3 Å². The summed E-state index contributed by atoms with van der Waals surface area (Å²) in [4.78, 5) is 29.9. The summed E-state index contributed by atoms with van der Waals surface area (Å²) in [6, 6.07) is 0. The molecular weight excluding hydrogens is 312 g/mol. The third-order valence-corrected chi connectivity index (χ3v) is 4.45. The Hall–Kier alpha value is -1.43. The summed E-state index contributed by atoms with van der Waals surface area (Å²) in [7, 11) is 1.34. The van der Waals surface area contributed by atoms with Gasteiger partial charge in [-0.05, 0) is 12.8 Å². The van der Waals surface area contributed by atoms with Crippen molar-refractivity contribution in [3.05, 3.63) is 16.1 Å². The second-order valence-corrected chi connectivity index (χ2v) is 6.54. The Labute approximate surface area is 143 Å². The van der Waals surface area contributed by atoms with Gasteiger partial charge >= 0.3 is 5.97 Å². The number of amides is 1. The van der Waals surface area contributed by atoms with Crippen LogP contribution in [0.15, 0.2) is 5.38 Å². The van der Waals surface area contributed by atoms with E-state index in [-0.39, 0.29) is 5.91 Å². The smallest absolute Gasteiger partial charge is 0.357 e. The molecule has 1 amide bonds. The molecule has 0 atom stereocenters. The Kier molecular flexibility index (Phi) is 9.52. The van der Waals surface area contributed by atoms with Gasteiger partial charge in [0.05, 0.1) is 13.7 Å². The fraction of sp³-hybridized carbons (Fsp3) is 0.706. The number of methoxy groups -OCH3 is 1. The lowest BCUT2D eigenvalue weighted by Crippen LogP contribution is -2.31. The minimum Gasteiger partial charge on any atom is -0.464 e. The Morgan fingerprint density at radius 2 is 1.91 bits per heavy atom. The number of hydrogen-bond acceptors (Lipinski definition) is 5. The van der Waals surface area contributed by atoms with Crippen molar-refractivity contribution in [1.82, 2.24) is 9.88 Å². The molecule has 0 unspecified atom stereocenters. The molecule has 5 nitrogen and oxygen atoms in total. The maximum Gasteiger partial charge on any atom is 0.357 e. The maximum atomic E-state index is 12.4. The number of unbranched alkanes of at least 4 members (excludes halogenated alkanes) is 4. The Bertz CT molecular complexity index is 488. The van der Waals surface area contributed by atoms with E-state index in [9.17, 15) is 9.59 Å². The largest absolute Gasteiger partial charge is 0.464 e. The molecule has 130 valence electrons. The molecule has 0 radical (unpaired) electrons. The highest BCUT2D eigenvalue weighted by molar-refractivity contribution is 7.09. The van der Waals surface area contributed by atoms with Crippen LogP contribution in [-0.4, -0.2) is 35.4 Å². The standard InChI is InChI=1S/C17H28N2O3S/c1-4-6-7-8-9-10-16(20)19(11-5-2)12-15-18-14(13-23-15)17(21)22-3/h13H,4-12H2,1-3H3. The second-order valence-electron chi connectivity index (χ2n) is 5.60. The van der Waals surface area contributed by atoms with Crippen molar-refractivity contribution < 1.29 is 14.3 Å². The Morgan fingerprint density at radius 1 is 1.17 bits per heavy atom. The maximum absolute atomic E-state index is 12.4. The van der Waals surface area contributed by atoms with E-state index in [4.69, 9.17) is 0 Å². The van der Waals surface area contributed by atoms with Gasteiger partial charge in [-0.15, -0.1) is 11.3 Å². The molecule has 0 spiro atoms. The summed E-state index contributed by atoms with van der Waals surface area (Å²) >= 11 is 1.39. The summed E-state index contributed by atoms with van der Waals surface area (Å²) in [6.45, 7) is 5.44.